The first-order valence-corrected chi connectivity index (χ1v) is 11.5. The van der Waals surface area contributed by atoms with Crippen molar-refractivity contribution >= 4 is 11.9 Å². The minimum absolute atomic E-state index is 0.0340. The monoisotopic (exact) mass is 494 g/mol. The molecule has 0 amide bonds. The topological polar surface area (TPSA) is 89.5 Å². The van der Waals surface area contributed by atoms with Gasteiger partial charge in [0.25, 0.3) is 0 Å². The van der Waals surface area contributed by atoms with Gasteiger partial charge in [0.1, 0.15) is 24.7 Å². The Hall–Kier alpha value is -3.88. The Bertz CT molecular complexity index is 1050. The molecule has 190 valence electrons. The van der Waals surface area contributed by atoms with Gasteiger partial charge in [0, 0.05) is 0 Å². The molecule has 0 aliphatic carbocycles. The fourth-order valence-electron chi connectivity index (χ4n) is 2.86. The average molecular weight is 495 g/mol. The van der Waals surface area contributed by atoms with Crippen LogP contribution in [0.2, 0.25) is 0 Å². The van der Waals surface area contributed by atoms with Crippen molar-refractivity contribution in [2.24, 2.45) is 0 Å². The summed E-state index contributed by atoms with van der Waals surface area (Å²) in [5, 5.41) is 0. The number of hydrogen-bond donors (Lipinski definition) is 0. The molecule has 3 aromatic rings. The van der Waals surface area contributed by atoms with E-state index in [2.05, 4.69) is 0 Å². The molecule has 36 heavy (non-hydrogen) atoms. The number of hydrogen-bond acceptors (Lipinski definition) is 8. The molecule has 0 aromatic heterocycles. The molecular weight excluding hydrogens is 464 g/mol. The number of carbonyl (C=O) groups is 2. The van der Waals surface area contributed by atoms with E-state index in [1.54, 1.807) is 62.4 Å². The van der Waals surface area contributed by atoms with Gasteiger partial charge in [0.2, 0.25) is 0 Å². The number of esters is 2. The zero-order valence-electron chi connectivity index (χ0n) is 20.3. The van der Waals surface area contributed by atoms with E-state index in [-0.39, 0.29) is 39.0 Å². The van der Waals surface area contributed by atoms with Crippen LogP contribution in [-0.2, 0) is 18.9 Å². The highest BCUT2D eigenvalue weighted by Crippen LogP contribution is 2.14. The molecule has 0 radical (unpaired) electrons. The summed E-state index contributed by atoms with van der Waals surface area (Å²) in [6.45, 7) is 3.79. The molecule has 0 aliphatic heterocycles. The maximum Gasteiger partial charge on any atom is 0.338 e. The van der Waals surface area contributed by atoms with Crippen LogP contribution in [0.4, 0.5) is 0 Å². The summed E-state index contributed by atoms with van der Waals surface area (Å²) >= 11 is 0. The third-order valence-electron chi connectivity index (χ3n) is 4.90. The zero-order valence-corrected chi connectivity index (χ0v) is 20.3. The highest BCUT2D eigenvalue weighted by molar-refractivity contribution is 5.89. The second-order valence-corrected chi connectivity index (χ2v) is 7.88. The molecule has 0 saturated heterocycles. The highest BCUT2D eigenvalue weighted by Gasteiger charge is 2.12. The van der Waals surface area contributed by atoms with Gasteiger partial charge in [0.05, 0.1) is 23.3 Å². The Balaban J connectivity index is 1.29. The lowest BCUT2D eigenvalue weighted by Gasteiger charge is -2.15. The number of ether oxygens (including phenoxy) is 6. The van der Waals surface area contributed by atoms with Crippen LogP contribution in [0.25, 0.3) is 0 Å². The molecule has 2 atom stereocenters. The van der Waals surface area contributed by atoms with Gasteiger partial charge in [-0.25, -0.2) is 9.59 Å². The van der Waals surface area contributed by atoms with E-state index in [0.29, 0.717) is 22.6 Å². The Morgan fingerprint density at radius 2 is 1.00 bits per heavy atom. The van der Waals surface area contributed by atoms with Crippen LogP contribution in [0, 0.1) is 0 Å². The maximum absolute atomic E-state index is 12.3. The third-order valence-corrected chi connectivity index (χ3v) is 4.90. The van der Waals surface area contributed by atoms with Crippen LogP contribution in [0.1, 0.15) is 34.6 Å². The smallest absolute Gasteiger partial charge is 0.338 e. The van der Waals surface area contributed by atoms with E-state index < -0.39 is 11.9 Å². The van der Waals surface area contributed by atoms with Gasteiger partial charge in [-0.2, -0.15) is 0 Å². The summed E-state index contributed by atoms with van der Waals surface area (Å²) < 4.78 is 32.5. The van der Waals surface area contributed by atoms with E-state index in [4.69, 9.17) is 28.4 Å². The fourth-order valence-corrected chi connectivity index (χ4v) is 2.86. The Morgan fingerprint density at radius 1 is 0.583 bits per heavy atom. The number of rotatable bonds is 14. The van der Waals surface area contributed by atoms with Crippen LogP contribution < -0.4 is 9.47 Å². The van der Waals surface area contributed by atoms with E-state index >= 15 is 0 Å². The lowest BCUT2D eigenvalue weighted by Crippen LogP contribution is -2.21. The van der Waals surface area contributed by atoms with Crippen molar-refractivity contribution in [2.75, 3.05) is 26.8 Å². The Labute approximate surface area is 210 Å². The van der Waals surface area contributed by atoms with Crippen LogP contribution in [0.5, 0.6) is 11.5 Å². The van der Waals surface area contributed by atoms with Crippen molar-refractivity contribution in [2.45, 2.75) is 26.1 Å². The van der Waals surface area contributed by atoms with Crippen molar-refractivity contribution in [1.29, 1.82) is 0 Å². The summed E-state index contributed by atoms with van der Waals surface area (Å²) in [6, 6.07) is 24.6. The molecular formula is C28H30O8. The average Bonchev–Trinajstić information content (AvgIpc) is 2.92. The van der Waals surface area contributed by atoms with E-state index in [1.165, 1.54) is 0 Å². The first-order valence-electron chi connectivity index (χ1n) is 11.5. The molecule has 0 N–H and O–H groups in total. The zero-order chi connectivity index (χ0) is 25.6. The predicted molar refractivity (Wildman–Crippen MR) is 132 cm³/mol. The van der Waals surface area contributed by atoms with Crippen LogP contribution in [-0.4, -0.2) is 50.9 Å². The number of benzene rings is 3. The van der Waals surface area contributed by atoms with Gasteiger partial charge in [-0.1, -0.05) is 36.4 Å². The lowest BCUT2D eigenvalue weighted by molar-refractivity contribution is -0.0546. The number of carbonyl (C=O) groups excluding carboxylic acids is 2. The van der Waals surface area contributed by atoms with E-state index in [9.17, 15) is 9.59 Å². The molecule has 2 unspecified atom stereocenters. The van der Waals surface area contributed by atoms with Gasteiger partial charge in [-0.15, -0.1) is 0 Å². The summed E-state index contributed by atoms with van der Waals surface area (Å²) in [5.41, 5.74) is 0.871. The molecule has 0 aliphatic rings. The Morgan fingerprint density at radius 3 is 1.50 bits per heavy atom. The van der Waals surface area contributed by atoms with Crippen LogP contribution in [0.3, 0.4) is 0 Å². The molecule has 0 heterocycles. The Kier molecular flexibility index (Phi) is 10.8. The van der Waals surface area contributed by atoms with Crippen molar-refractivity contribution in [3.05, 3.63) is 96.1 Å². The molecule has 0 bridgehead atoms. The minimum Gasteiger partial charge on any atom is -0.468 e. The van der Waals surface area contributed by atoms with E-state index in [1.807, 2.05) is 36.4 Å². The fraction of sp³-hybridized carbons (Fsp3) is 0.286. The van der Waals surface area contributed by atoms with Gasteiger partial charge in [0.15, 0.2) is 13.6 Å². The van der Waals surface area contributed by atoms with Crippen molar-refractivity contribution in [1.82, 2.24) is 0 Å². The molecule has 8 heteroatoms. The van der Waals surface area contributed by atoms with Crippen molar-refractivity contribution < 1.29 is 38.0 Å². The van der Waals surface area contributed by atoms with E-state index in [0.717, 1.165) is 0 Å². The quantitative estimate of drug-likeness (QED) is 0.231. The van der Waals surface area contributed by atoms with Gasteiger partial charge >= 0.3 is 11.9 Å². The van der Waals surface area contributed by atoms with Gasteiger partial charge in [-0.05, 0) is 62.4 Å². The number of para-hydroxylation sites is 1. The molecule has 0 saturated carbocycles. The summed E-state index contributed by atoms with van der Waals surface area (Å²) in [5.74, 6) is 0.354. The second-order valence-electron chi connectivity index (χ2n) is 7.88. The molecule has 3 aromatic carbocycles. The van der Waals surface area contributed by atoms with Crippen LogP contribution >= 0.6 is 0 Å². The first kappa shape index (κ1) is 26.7. The largest absolute Gasteiger partial charge is 0.468 e. The predicted octanol–water partition coefficient (Wildman–Crippen LogP) is 4.88. The third kappa shape index (κ3) is 9.40. The first-order chi connectivity index (χ1) is 17.5. The van der Waals surface area contributed by atoms with Crippen molar-refractivity contribution in [3.63, 3.8) is 0 Å². The van der Waals surface area contributed by atoms with Crippen molar-refractivity contribution in [3.8, 4) is 11.5 Å². The maximum atomic E-state index is 12.3. The van der Waals surface area contributed by atoms with Gasteiger partial charge < -0.3 is 28.4 Å². The molecule has 3 rings (SSSR count). The molecule has 0 fully saturated rings. The van der Waals surface area contributed by atoms with Gasteiger partial charge in [-0.3, -0.25) is 0 Å². The summed E-state index contributed by atoms with van der Waals surface area (Å²) in [4.78, 5) is 24.2. The SMILES string of the molecule is CC(COC(=O)c1ccccc1)OCOc1ccc(C(=O)OCC(C)OCOc2ccccc2)cc1. The highest BCUT2D eigenvalue weighted by atomic mass is 16.7. The van der Waals surface area contributed by atoms with Crippen LogP contribution in [0.15, 0.2) is 84.9 Å². The second kappa shape index (κ2) is 14.5. The molecule has 0 spiro atoms. The standard InChI is InChI=1S/C28H30O8/c1-21(17-31-27(29)23-9-5-3-6-10-23)34-20-36-26-15-13-24(14-16-26)28(30)32-18-22(2)33-19-35-25-11-7-4-8-12-25/h3-16,21-22H,17-20H2,1-2H3. The lowest BCUT2D eigenvalue weighted by atomic mass is 10.2. The normalized spacial score (nSPS) is 12.3. The summed E-state index contributed by atoms with van der Waals surface area (Å²) in [6.07, 6.45) is -0.680. The molecule has 8 nitrogen and oxygen atoms in total. The minimum atomic E-state index is -0.467. The summed E-state index contributed by atoms with van der Waals surface area (Å²) in [7, 11) is 0.